The summed E-state index contributed by atoms with van der Waals surface area (Å²) in [5.74, 6) is 0.387. The summed E-state index contributed by atoms with van der Waals surface area (Å²) in [6, 6.07) is -0.234. The molecular formula is C14H24N4O2. The summed E-state index contributed by atoms with van der Waals surface area (Å²) in [5.41, 5.74) is 0.982. The molecule has 3 unspecified atom stereocenters. The Morgan fingerprint density at radius 3 is 3.05 bits per heavy atom. The lowest BCUT2D eigenvalue weighted by Gasteiger charge is -2.26. The highest BCUT2D eigenvalue weighted by Gasteiger charge is 2.20. The van der Waals surface area contributed by atoms with Gasteiger partial charge in [0.15, 0.2) is 0 Å². The Hall–Kier alpha value is -1.56. The van der Waals surface area contributed by atoms with E-state index >= 15 is 0 Å². The van der Waals surface area contributed by atoms with Crippen molar-refractivity contribution in [2.24, 2.45) is 13.0 Å². The first-order chi connectivity index (χ1) is 9.54. The lowest BCUT2D eigenvalue weighted by atomic mass is 9.87. The molecule has 20 heavy (non-hydrogen) atoms. The molecule has 1 fully saturated rings. The average molecular weight is 280 g/mol. The molecule has 1 aromatic rings. The molecule has 1 aliphatic carbocycles. The van der Waals surface area contributed by atoms with Gasteiger partial charge in [-0.3, -0.25) is 4.68 Å². The molecule has 0 aromatic carbocycles. The molecule has 112 valence electrons. The molecule has 1 saturated carbocycles. The van der Waals surface area contributed by atoms with Crippen LogP contribution in [0.2, 0.25) is 0 Å². The Morgan fingerprint density at radius 1 is 1.60 bits per heavy atom. The van der Waals surface area contributed by atoms with E-state index in [-0.39, 0.29) is 18.2 Å². The number of nitrogens with zero attached hydrogens (tertiary/aromatic N) is 2. The van der Waals surface area contributed by atoms with Crippen molar-refractivity contribution >= 4 is 6.03 Å². The number of hydrogen-bond acceptors (Lipinski definition) is 3. The first-order valence-corrected chi connectivity index (χ1v) is 7.25. The second-order valence-corrected chi connectivity index (χ2v) is 5.71. The van der Waals surface area contributed by atoms with Crippen LogP contribution >= 0.6 is 0 Å². The Bertz CT molecular complexity index is 446. The molecule has 2 rings (SSSR count). The minimum atomic E-state index is -0.201. The van der Waals surface area contributed by atoms with Crippen LogP contribution < -0.4 is 10.6 Å². The van der Waals surface area contributed by atoms with Gasteiger partial charge < -0.3 is 15.7 Å². The molecule has 2 amide bonds. The molecule has 0 saturated heterocycles. The summed E-state index contributed by atoms with van der Waals surface area (Å²) in [7, 11) is 1.85. The van der Waals surface area contributed by atoms with Gasteiger partial charge in [-0.2, -0.15) is 5.10 Å². The summed E-state index contributed by atoms with van der Waals surface area (Å²) in [6.07, 6.45) is 7.24. The molecule has 1 aromatic heterocycles. The van der Waals surface area contributed by atoms with Crippen LogP contribution in [0, 0.1) is 5.92 Å². The van der Waals surface area contributed by atoms with Crippen LogP contribution in [0.5, 0.6) is 0 Å². The molecule has 3 N–H and O–H groups in total. The van der Waals surface area contributed by atoms with Gasteiger partial charge in [-0.05, 0) is 32.1 Å². The second kappa shape index (κ2) is 6.74. The summed E-state index contributed by atoms with van der Waals surface area (Å²) in [4.78, 5) is 11.8. The minimum Gasteiger partial charge on any atom is -0.393 e. The van der Waals surface area contributed by atoms with Crippen molar-refractivity contribution in [2.75, 3.05) is 6.54 Å². The number of urea groups is 1. The summed E-state index contributed by atoms with van der Waals surface area (Å²) in [6.45, 7) is 2.56. The monoisotopic (exact) mass is 280 g/mol. The number of aryl methyl sites for hydroxylation is 1. The number of aromatic nitrogens is 2. The molecule has 0 radical (unpaired) electrons. The summed E-state index contributed by atoms with van der Waals surface area (Å²) >= 11 is 0. The van der Waals surface area contributed by atoms with E-state index in [0.717, 1.165) is 31.2 Å². The molecule has 1 aliphatic rings. The van der Waals surface area contributed by atoms with Crippen molar-refractivity contribution < 1.29 is 9.90 Å². The molecule has 0 bridgehead atoms. The number of aliphatic hydroxyl groups is 1. The highest BCUT2D eigenvalue weighted by atomic mass is 16.3. The van der Waals surface area contributed by atoms with Crippen LogP contribution in [0.3, 0.4) is 0 Å². The molecular weight excluding hydrogens is 256 g/mol. The number of nitrogens with one attached hydrogen (secondary N) is 2. The maximum atomic E-state index is 11.8. The largest absolute Gasteiger partial charge is 0.393 e. The highest BCUT2D eigenvalue weighted by molar-refractivity contribution is 5.74. The normalized spacial score (nSPS) is 24.1. The second-order valence-electron chi connectivity index (χ2n) is 5.71. The molecule has 0 spiro atoms. The van der Waals surface area contributed by atoms with Crippen molar-refractivity contribution in [3.63, 3.8) is 0 Å². The number of amides is 2. The van der Waals surface area contributed by atoms with E-state index in [0.29, 0.717) is 12.5 Å². The Balaban J connectivity index is 1.72. The van der Waals surface area contributed by atoms with Gasteiger partial charge in [-0.15, -0.1) is 0 Å². The number of aliphatic hydroxyl groups excluding tert-OH is 1. The topological polar surface area (TPSA) is 79.2 Å². The van der Waals surface area contributed by atoms with E-state index in [1.807, 2.05) is 20.2 Å². The van der Waals surface area contributed by atoms with Crippen molar-refractivity contribution in [3.8, 4) is 0 Å². The zero-order valence-corrected chi connectivity index (χ0v) is 12.2. The first kappa shape index (κ1) is 14.8. The van der Waals surface area contributed by atoms with E-state index in [2.05, 4.69) is 15.7 Å². The number of hydrogen-bond donors (Lipinski definition) is 3. The third-order valence-electron chi connectivity index (χ3n) is 3.88. The van der Waals surface area contributed by atoms with E-state index in [1.54, 1.807) is 10.9 Å². The SMILES string of the molecule is CC(NC(=O)NCC1CCCC(O)C1)c1cnn(C)c1. The van der Waals surface area contributed by atoms with Crippen LogP contribution in [-0.2, 0) is 7.05 Å². The lowest BCUT2D eigenvalue weighted by molar-refractivity contribution is 0.101. The average Bonchev–Trinajstić information content (AvgIpc) is 2.83. The maximum absolute atomic E-state index is 11.8. The Kier molecular flexibility index (Phi) is 5.00. The van der Waals surface area contributed by atoms with Gasteiger partial charge in [-0.25, -0.2) is 4.79 Å². The highest BCUT2D eigenvalue weighted by Crippen LogP contribution is 2.23. The molecule has 6 heteroatoms. The molecule has 6 nitrogen and oxygen atoms in total. The van der Waals surface area contributed by atoms with Gasteiger partial charge in [0.25, 0.3) is 0 Å². The third kappa shape index (κ3) is 4.23. The van der Waals surface area contributed by atoms with Crippen LogP contribution in [0.4, 0.5) is 4.79 Å². The van der Waals surface area contributed by atoms with Crippen LogP contribution in [0.1, 0.15) is 44.2 Å². The smallest absolute Gasteiger partial charge is 0.315 e. The maximum Gasteiger partial charge on any atom is 0.315 e. The summed E-state index contributed by atoms with van der Waals surface area (Å²) in [5, 5.41) is 19.5. The number of rotatable bonds is 4. The third-order valence-corrected chi connectivity index (χ3v) is 3.88. The van der Waals surface area contributed by atoms with Crippen molar-refractivity contribution in [3.05, 3.63) is 18.0 Å². The van der Waals surface area contributed by atoms with E-state index < -0.39 is 0 Å². The van der Waals surface area contributed by atoms with Crippen molar-refractivity contribution in [1.29, 1.82) is 0 Å². The lowest BCUT2D eigenvalue weighted by Crippen LogP contribution is -2.40. The van der Waals surface area contributed by atoms with Gasteiger partial charge in [0, 0.05) is 25.4 Å². The van der Waals surface area contributed by atoms with E-state index in [9.17, 15) is 9.90 Å². The van der Waals surface area contributed by atoms with Crippen LogP contribution in [0.15, 0.2) is 12.4 Å². The van der Waals surface area contributed by atoms with Crippen molar-refractivity contribution in [2.45, 2.75) is 44.8 Å². The predicted molar refractivity (Wildman–Crippen MR) is 76.1 cm³/mol. The first-order valence-electron chi connectivity index (χ1n) is 7.25. The number of carbonyl (C=O) groups is 1. The van der Waals surface area contributed by atoms with Crippen molar-refractivity contribution in [1.82, 2.24) is 20.4 Å². The Morgan fingerprint density at radius 2 is 2.40 bits per heavy atom. The minimum absolute atomic E-state index is 0.0688. The Labute approximate surface area is 119 Å². The number of carbonyl (C=O) groups excluding carboxylic acids is 1. The van der Waals surface area contributed by atoms with Gasteiger partial charge >= 0.3 is 6.03 Å². The summed E-state index contributed by atoms with van der Waals surface area (Å²) < 4.78 is 1.72. The van der Waals surface area contributed by atoms with Crippen LogP contribution in [-0.4, -0.2) is 33.6 Å². The predicted octanol–water partition coefficient (Wildman–Crippen LogP) is 1.33. The quantitative estimate of drug-likeness (QED) is 0.778. The molecule has 0 aliphatic heterocycles. The molecule has 3 atom stereocenters. The van der Waals surface area contributed by atoms with Crippen LogP contribution in [0.25, 0.3) is 0 Å². The fourth-order valence-corrected chi connectivity index (χ4v) is 2.68. The standard InChI is InChI=1S/C14H24N4O2/c1-10(12-8-16-18(2)9-12)17-14(20)15-7-11-4-3-5-13(19)6-11/h8-11,13,19H,3-7H2,1-2H3,(H2,15,17,20). The zero-order chi connectivity index (χ0) is 14.5. The zero-order valence-electron chi connectivity index (χ0n) is 12.2. The van der Waals surface area contributed by atoms with Gasteiger partial charge in [-0.1, -0.05) is 6.42 Å². The van der Waals surface area contributed by atoms with E-state index in [4.69, 9.17) is 0 Å². The van der Waals surface area contributed by atoms with Gasteiger partial charge in [0.2, 0.25) is 0 Å². The van der Waals surface area contributed by atoms with Gasteiger partial charge in [0.1, 0.15) is 0 Å². The van der Waals surface area contributed by atoms with Gasteiger partial charge in [0.05, 0.1) is 18.3 Å². The van der Waals surface area contributed by atoms with E-state index in [1.165, 1.54) is 0 Å². The fourth-order valence-electron chi connectivity index (χ4n) is 2.68. The fraction of sp³-hybridized carbons (Fsp3) is 0.714. The molecule has 1 heterocycles.